The average Bonchev–Trinajstić information content (AvgIpc) is 3.08. The Bertz CT molecular complexity index is 1740. The summed E-state index contributed by atoms with van der Waals surface area (Å²) >= 11 is 0. The third-order valence-electron chi connectivity index (χ3n) is 9.19. The predicted molar refractivity (Wildman–Crippen MR) is 181 cm³/mol. The number of azo groups is 2. The van der Waals surface area contributed by atoms with Gasteiger partial charge in [-0.3, -0.25) is 0 Å². The van der Waals surface area contributed by atoms with Crippen LogP contribution < -0.4 is 4.90 Å². The molecule has 5 aromatic rings. The molecule has 0 aromatic heterocycles. The van der Waals surface area contributed by atoms with Crippen molar-refractivity contribution < 1.29 is 0 Å². The molecule has 1 saturated carbocycles. The number of benzene rings is 5. The number of hydrogen-bond acceptors (Lipinski definition) is 5. The van der Waals surface area contributed by atoms with E-state index in [1.165, 1.54) is 48.7 Å². The highest BCUT2D eigenvalue weighted by Crippen LogP contribution is 2.39. The second kappa shape index (κ2) is 13.3. The van der Waals surface area contributed by atoms with Gasteiger partial charge >= 0.3 is 0 Å². The van der Waals surface area contributed by atoms with Gasteiger partial charge in [0, 0.05) is 40.3 Å². The van der Waals surface area contributed by atoms with Gasteiger partial charge in [-0.1, -0.05) is 74.0 Å². The van der Waals surface area contributed by atoms with E-state index < -0.39 is 0 Å². The summed E-state index contributed by atoms with van der Waals surface area (Å²) in [6.07, 6.45) is 6.61. The summed E-state index contributed by atoms with van der Waals surface area (Å²) in [6.45, 7) is 8.62. The molecule has 0 spiro atoms. The van der Waals surface area contributed by atoms with E-state index in [1.807, 2.05) is 24.3 Å². The quantitative estimate of drug-likeness (QED) is 0.163. The SMILES string of the molecule is CCC1CCC(c2ccc(N=Nc3ccc(N=Nc4ccc(N(CC)CC)c5ccccc45)c4ccccc34)cc2)CC1. The van der Waals surface area contributed by atoms with Gasteiger partial charge in [0.2, 0.25) is 0 Å². The Morgan fingerprint density at radius 3 is 1.56 bits per heavy atom. The first-order valence-corrected chi connectivity index (χ1v) is 15.9. The first-order valence-electron chi connectivity index (χ1n) is 15.9. The van der Waals surface area contributed by atoms with Crippen LogP contribution >= 0.6 is 0 Å². The van der Waals surface area contributed by atoms with Crippen molar-refractivity contribution in [1.82, 2.24) is 0 Å². The lowest BCUT2D eigenvalue weighted by Crippen LogP contribution is -2.21. The maximum Gasteiger partial charge on any atom is 0.0936 e. The molecule has 0 atom stereocenters. The predicted octanol–water partition coefficient (Wildman–Crippen LogP) is 12.4. The molecular weight excluding hydrogens is 526 g/mol. The summed E-state index contributed by atoms with van der Waals surface area (Å²) in [4.78, 5) is 2.37. The standard InChI is InChI=1S/C38H41N5/c1-4-27-15-17-28(18-16-27)29-19-21-30(22-20-29)39-40-35-23-24-36(32-12-8-7-11-31(32)35)41-42-37-25-26-38(43(5-2)6-3)34-14-10-9-13-33(34)37/h7-14,19-28H,4-6,15-18H2,1-3H3. The van der Waals surface area contributed by atoms with Crippen LogP contribution in [-0.2, 0) is 0 Å². The van der Waals surface area contributed by atoms with E-state index in [2.05, 4.69) is 109 Å². The van der Waals surface area contributed by atoms with Gasteiger partial charge in [0.25, 0.3) is 0 Å². The van der Waals surface area contributed by atoms with E-state index in [0.717, 1.165) is 57.9 Å². The van der Waals surface area contributed by atoms with Gasteiger partial charge in [-0.15, -0.1) is 15.3 Å². The van der Waals surface area contributed by atoms with Crippen LogP contribution in [0.25, 0.3) is 21.5 Å². The highest BCUT2D eigenvalue weighted by molar-refractivity contribution is 6.02. The van der Waals surface area contributed by atoms with Gasteiger partial charge in [-0.25, -0.2) is 0 Å². The van der Waals surface area contributed by atoms with Gasteiger partial charge in [-0.05, 0) is 93.3 Å². The minimum Gasteiger partial charge on any atom is -0.372 e. The molecule has 218 valence electrons. The molecule has 5 nitrogen and oxygen atoms in total. The van der Waals surface area contributed by atoms with Crippen molar-refractivity contribution in [2.45, 2.75) is 58.8 Å². The molecule has 43 heavy (non-hydrogen) atoms. The molecule has 0 amide bonds. The van der Waals surface area contributed by atoms with E-state index in [1.54, 1.807) is 0 Å². The molecule has 5 aromatic carbocycles. The number of nitrogens with zero attached hydrogens (tertiary/aromatic N) is 5. The molecule has 1 aliphatic carbocycles. The molecule has 0 N–H and O–H groups in total. The zero-order valence-corrected chi connectivity index (χ0v) is 25.6. The van der Waals surface area contributed by atoms with E-state index in [4.69, 9.17) is 10.2 Å². The zero-order chi connectivity index (χ0) is 29.6. The Labute approximate surface area is 255 Å². The smallest absolute Gasteiger partial charge is 0.0936 e. The number of hydrogen-bond donors (Lipinski definition) is 0. The molecule has 6 rings (SSSR count). The average molecular weight is 568 g/mol. The summed E-state index contributed by atoms with van der Waals surface area (Å²) in [5.74, 6) is 1.59. The number of rotatable bonds is 9. The zero-order valence-electron chi connectivity index (χ0n) is 25.6. The van der Waals surface area contributed by atoms with Gasteiger partial charge in [0.05, 0.1) is 22.7 Å². The maximum absolute atomic E-state index is 4.74. The fraction of sp³-hybridized carbons (Fsp3) is 0.316. The third kappa shape index (κ3) is 6.22. The Balaban J connectivity index is 1.24. The van der Waals surface area contributed by atoms with Gasteiger partial charge in [0.15, 0.2) is 0 Å². The molecule has 0 radical (unpaired) electrons. The van der Waals surface area contributed by atoms with Gasteiger partial charge < -0.3 is 4.90 Å². The summed E-state index contributed by atoms with van der Waals surface area (Å²) in [6, 6.07) is 33.6. The van der Waals surface area contributed by atoms with E-state index in [9.17, 15) is 0 Å². The Kier molecular flexibility index (Phi) is 8.88. The number of anilines is 1. The topological polar surface area (TPSA) is 52.7 Å². The first kappa shape index (κ1) is 28.7. The van der Waals surface area contributed by atoms with Crippen molar-refractivity contribution in [3.05, 3.63) is 103 Å². The second-order valence-corrected chi connectivity index (χ2v) is 11.6. The summed E-state index contributed by atoms with van der Waals surface area (Å²) in [7, 11) is 0. The van der Waals surface area contributed by atoms with Crippen LogP contribution in [0.15, 0.2) is 118 Å². The van der Waals surface area contributed by atoms with Crippen LogP contribution in [0.2, 0.25) is 0 Å². The molecule has 5 heteroatoms. The largest absolute Gasteiger partial charge is 0.372 e. The van der Waals surface area contributed by atoms with E-state index in [0.29, 0.717) is 5.92 Å². The van der Waals surface area contributed by atoms with Crippen LogP contribution in [0.4, 0.5) is 28.4 Å². The highest BCUT2D eigenvalue weighted by atomic mass is 15.1. The van der Waals surface area contributed by atoms with Gasteiger partial charge in [-0.2, -0.15) is 5.11 Å². The third-order valence-corrected chi connectivity index (χ3v) is 9.19. The lowest BCUT2D eigenvalue weighted by Gasteiger charge is -2.28. The van der Waals surface area contributed by atoms with Crippen LogP contribution in [0.1, 0.15) is 64.4 Å². The molecule has 1 fully saturated rings. The Morgan fingerprint density at radius 2 is 1.02 bits per heavy atom. The lowest BCUT2D eigenvalue weighted by atomic mass is 9.78. The maximum atomic E-state index is 4.74. The molecule has 0 aliphatic heterocycles. The van der Waals surface area contributed by atoms with Crippen molar-refractivity contribution in [2.24, 2.45) is 26.4 Å². The normalized spacial score (nSPS) is 17.4. The summed E-state index contributed by atoms with van der Waals surface area (Å²) < 4.78 is 0. The van der Waals surface area contributed by atoms with Crippen molar-refractivity contribution in [1.29, 1.82) is 0 Å². The first-order chi connectivity index (χ1) is 21.2. The van der Waals surface area contributed by atoms with Crippen LogP contribution in [0, 0.1) is 5.92 Å². The molecule has 0 unspecified atom stereocenters. The van der Waals surface area contributed by atoms with Crippen LogP contribution in [0.5, 0.6) is 0 Å². The van der Waals surface area contributed by atoms with E-state index in [-0.39, 0.29) is 0 Å². The lowest BCUT2D eigenvalue weighted by molar-refractivity contribution is 0.319. The molecule has 0 saturated heterocycles. The second-order valence-electron chi connectivity index (χ2n) is 11.6. The highest BCUT2D eigenvalue weighted by Gasteiger charge is 2.21. The molecule has 1 aliphatic rings. The molecular formula is C38H41N5. The van der Waals surface area contributed by atoms with Crippen molar-refractivity contribution in [2.75, 3.05) is 18.0 Å². The minimum atomic E-state index is 0.678. The van der Waals surface area contributed by atoms with Crippen LogP contribution in [0.3, 0.4) is 0 Å². The van der Waals surface area contributed by atoms with Gasteiger partial charge in [0.1, 0.15) is 0 Å². The van der Waals surface area contributed by atoms with Crippen LogP contribution in [-0.4, -0.2) is 13.1 Å². The fourth-order valence-electron chi connectivity index (χ4n) is 6.57. The summed E-state index contributed by atoms with van der Waals surface area (Å²) in [5, 5.41) is 23.0. The molecule has 0 heterocycles. The van der Waals surface area contributed by atoms with Crippen molar-refractivity contribution >= 4 is 50.0 Å². The Hall–Kier alpha value is -4.38. The monoisotopic (exact) mass is 567 g/mol. The fourth-order valence-corrected chi connectivity index (χ4v) is 6.57. The van der Waals surface area contributed by atoms with Crippen molar-refractivity contribution in [3.8, 4) is 0 Å². The van der Waals surface area contributed by atoms with Crippen molar-refractivity contribution in [3.63, 3.8) is 0 Å². The minimum absolute atomic E-state index is 0.678. The Morgan fingerprint density at radius 1 is 0.535 bits per heavy atom. The molecule has 0 bridgehead atoms. The number of fused-ring (bicyclic) bond motifs is 2. The van der Waals surface area contributed by atoms with E-state index >= 15 is 0 Å². The summed E-state index contributed by atoms with van der Waals surface area (Å²) in [5.41, 5.74) is 6.04.